The fourth-order valence-electron chi connectivity index (χ4n) is 25.9. The van der Waals surface area contributed by atoms with E-state index in [4.69, 9.17) is 0 Å². The fourth-order valence-corrected chi connectivity index (χ4v) is 25.9. The molecule has 3 heterocycles. The van der Waals surface area contributed by atoms with Gasteiger partial charge in [0.1, 0.15) is 0 Å². The molecule has 0 saturated carbocycles. The Morgan fingerprint density at radius 3 is 0.847 bits per heavy atom. The van der Waals surface area contributed by atoms with Gasteiger partial charge in [-0.25, -0.2) is 0 Å². The smallest absolute Gasteiger partial charge is 0.0623 e. The van der Waals surface area contributed by atoms with E-state index in [1.165, 1.54) is 282 Å². The third-order valence-electron chi connectivity index (χ3n) is 32.8. The SMILES string of the molecule is CC1(C)c2ccccc2-c2c1c1c(c3ccccc23)c2ccccc2n1-c1ccc(-c2cc(-c3ccccc3)cc(-c3ccccc3)c2)cc1.CC1(C)c2ccccc2-c2c1c1c3ccccc3n(-c3ccc(-c4cc(-c5ccccc5)cc(-c5ccccc5)c4)cc3)c1c1ccccc21.CC1(C)c2ccccc2-c2ccc3c4c5ccccc5ccc4n(-c4ccc(-c5cc(-c6ccccc6)cc(-c6ccccc6)c5)cc4)c3c21. The lowest BCUT2D eigenvalue weighted by molar-refractivity contribution is 0.664. The molecule has 27 aromatic rings. The minimum absolute atomic E-state index is 0.132. The standard InChI is InChI=1S/3C49H35N/c1-49(2)43-23-13-11-21-41(43)45-39-19-9-10-20-40(39)48-46(47(45)49)42-22-12-14-24-44(42)50(48)38-27-25-34(26-28-38)37-30-35(32-15-5-3-6-16-32)29-36(31-37)33-17-7-4-8-18-33;1-49(2)43-23-13-11-21-41(43)45-39-19-9-10-20-40(39)46-42-22-12-14-24-44(42)50(48(46)47(45)49)38-27-25-34(26-28-38)37-30-35(32-15-5-3-6-16-32)29-36(31-37)33-17-7-4-8-18-33;1-49(2)44-20-12-11-19-41(44)42-26-27-43-46-40-18-10-9-17-35(40)23-28-45(46)50(48(43)47(42)49)39-24-21-34(22-25-39)38-30-36(32-13-5-3-6-14-32)29-37(31-38)33-15-7-4-8-16-33/h3*3-31H,1-2H3. The maximum Gasteiger partial charge on any atom is 0.0623 e. The van der Waals surface area contributed by atoms with Gasteiger partial charge in [0.25, 0.3) is 0 Å². The predicted molar refractivity (Wildman–Crippen MR) is 636 cm³/mol. The number of hydrogen-bond acceptors (Lipinski definition) is 0. The second kappa shape index (κ2) is 35.4. The summed E-state index contributed by atoms with van der Waals surface area (Å²) in [4.78, 5) is 0. The molecule has 3 aromatic heterocycles. The van der Waals surface area contributed by atoms with E-state index in [2.05, 4.69) is 583 Å². The van der Waals surface area contributed by atoms with Crippen molar-refractivity contribution in [2.75, 3.05) is 0 Å². The van der Waals surface area contributed by atoms with Gasteiger partial charge >= 0.3 is 0 Å². The molecular formula is C147H105N3. The van der Waals surface area contributed by atoms with E-state index in [1.807, 2.05) is 0 Å². The minimum atomic E-state index is -0.161. The van der Waals surface area contributed by atoms with Gasteiger partial charge in [-0.3, -0.25) is 0 Å². The molecule has 0 bridgehead atoms. The topological polar surface area (TPSA) is 14.8 Å². The van der Waals surface area contributed by atoms with Crippen molar-refractivity contribution in [3.05, 3.63) is 561 Å². The van der Waals surface area contributed by atoms with Crippen molar-refractivity contribution >= 4 is 97.7 Å². The number of rotatable bonds is 12. The molecule has 708 valence electrons. The normalized spacial score (nSPS) is 13.2. The Hall–Kier alpha value is -18.5. The van der Waals surface area contributed by atoms with E-state index < -0.39 is 0 Å². The summed E-state index contributed by atoms with van der Waals surface area (Å²) in [6.07, 6.45) is 0. The van der Waals surface area contributed by atoms with Crippen LogP contribution in [0.1, 0.15) is 74.9 Å². The molecule has 0 unspecified atom stereocenters. The van der Waals surface area contributed by atoms with Crippen molar-refractivity contribution in [1.29, 1.82) is 0 Å². The minimum Gasteiger partial charge on any atom is -0.309 e. The van der Waals surface area contributed by atoms with E-state index in [0.717, 1.165) is 0 Å². The zero-order valence-electron chi connectivity index (χ0n) is 84.6. The van der Waals surface area contributed by atoms with Crippen LogP contribution in [0.25, 0.3) is 248 Å². The van der Waals surface area contributed by atoms with Gasteiger partial charge < -0.3 is 13.7 Å². The number of aromatic nitrogens is 3. The molecule has 0 fully saturated rings. The molecule has 0 aliphatic heterocycles. The third kappa shape index (κ3) is 14.4. The monoisotopic (exact) mass is 1910 g/mol. The summed E-state index contributed by atoms with van der Waals surface area (Å²) in [5.74, 6) is 0. The molecule has 0 radical (unpaired) electrons. The largest absolute Gasteiger partial charge is 0.309 e. The van der Waals surface area contributed by atoms with E-state index in [9.17, 15) is 0 Å². The number of benzene rings is 24. The first-order valence-electron chi connectivity index (χ1n) is 52.6. The van der Waals surface area contributed by atoms with Crippen LogP contribution in [0, 0.1) is 0 Å². The Morgan fingerprint density at radius 1 is 0.147 bits per heavy atom. The summed E-state index contributed by atoms with van der Waals surface area (Å²) in [5.41, 5.74) is 49.2. The van der Waals surface area contributed by atoms with Crippen LogP contribution in [0.4, 0.5) is 0 Å². The van der Waals surface area contributed by atoms with Gasteiger partial charge in [-0.05, 0) is 303 Å². The first-order valence-corrected chi connectivity index (χ1v) is 52.6. The second-order valence-corrected chi connectivity index (χ2v) is 42.4. The van der Waals surface area contributed by atoms with Crippen LogP contribution in [0.15, 0.2) is 528 Å². The van der Waals surface area contributed by atoms with Crippen LogP contribution in [-0.2, 0) is 16.2 Å². The highest BCUT2D eigenvalue weighted by Gasteiger charge is 2.44. The highest BCUT2D eigenvalue weighted by atomic mass is 15.0. The lowest BCUT2D eigenvalue weighted by atomic mass is 9.79. The highest BCUT2D eigenvalue weighted by Crippen LogP contribution is 2.61. The molecule has 0 amide bonds. The Morgan fingerprint density at radius 2 is 0.433 bits per heavy atom. The number of nitrogens with zero attached hydrogens (tertiary/aromatic N) is 3. The van der Waals surface area contributed by atoms with Gasteiger partial charge in [-0.1, -0.05) is 460 Å². The molecular weight excluding hydrogens is 1810 g/mol. The first kappa shape index (κ1) is 89.1. The molecule has 3 aliphatic rings. The second-order valence-electron chi connectivity index (χ2n) is 42.4. The Bertz CT molecular complexity index is 9730. The van der Waals surface area contributed by atoms with Crippen LogP contribution in [0.2, 0.25) is 0 Å². The van der Waals surface area contributed by atoms with Gasteiger partial charge in [0.05, 0.1) is 33.1 Å². The molecule has 30 rings (SSSR count). The van der Waals surface area contributed by atoms with Gasteiger partial charge in [-0.15, -0.1) is 0 Å². The molecule has 150 heavy (non-hydrogen) atoms. The Kier molecular flexibility index (Phi) is 21.0. The average Bonchev–Trinajstić information content (AvgIpc) is 1.52. The lowest BCUT2D eigenvalue weighted by Crippen LogP contribution is -2.16. The Labute approximate surface area is 874 Å². The van der Waals surface area contributed by atoms with Gasteiger partial charge in [0.15, 0.2) is 0 Å². The van der Waals surface area contributed by atoms with E-state index in [0.29, 0.717) is 0 Å². The van der Waals surface area contributed by atoms with Crippen molar-refractivity contribution in [2.45, 2.75) is 57.8 Å². The van der Waals surface area contributed by atoms with Crippen molar-refractivity contribution in [3.8, 4) is 151 Å². The van der Waals surface area contributed by atoms with Crippen LogP contribution in [0.3, 0.4) is 0 Å². The third-order valence-corrected chi connectivity index (χ3v) is 32.8. The number of hydrogen-bond donors (Lipinski definition) is 0. The summed E-state index contributed by atoms with van der Waals surface area (Å²) in [6, 6.07) is 194. The first-order chi connectivity index (χ1) is 73.7. The van der Waals surface area contributed by atoms with Crippen LogP contribution < -0.4 is 0 Å². The molecule has 3 aliphatic carbocycles. The van der Waals surface area contributed by atoms with Crippen molar-refractivity contribution in [1.82, 2.24) is 13.7 Å². The van der Waals surface area contributed by atoms with Crippen molar-refractivity contribution < 1.29 is 0 Å². The molecule has 0 N–H and O–H groups in total. The van der Waals surface area contributed by atoms with Crippen LogP contribution in [-0.4, -0.2) is 13.7 Å². The molecule has 3 heteroatoms. The predicted octanol–water partition coefficient (Wildman–Crippen LogP) is 39.7. The maximum atomic E-state index is 2.53. The van der Waals surface area contributed by atoms with Gasteiger partial charge in [0, 0.05) is 71.0 Å². The molecule has 3 nitrogen and oxygen atoms in total. The average molecular weight is 1910 g/mol. The molecule has 0 saturated heterocycles. The molecule has 24 aromatic carbocycles. The number of fused-ring (bicyclic) bond motifs is 29. The van der Waals surface area contributed by atoms with Crippen molar-refractivity contribution in [2.24, 2.45) is 0 Å². The highest BCUT2D eigenvalue weighted by molar-refractivity contribution is 6.29. The quantitative estimate of drug-likeness (QED) is 0.116. The zero-order chi connectivity index (χ0) is 100. The summed E-state index contributed by atoms with van der Waals surface area (Å²) < 4.78 is 7.57. The summed E-state index contributed by atoms with van der Waals surface area (Å²) in [6.45, 7) is 14.4. The van der Waals surface area contributed by atoms with Crippen LogP contribution >= 0.6 is 0 Å². The Balaban J connectivity index is 0.000000108. The van der Waals surface area contributed by atoms with E-state index in [1.54, 1.807) is 0 Å². The zero-order valence-corrected chi connectivity index (χ0v) is 84.6. The van der Waals surface area contributed by atoms with Crippen LogP contribution in [0.5, 0.6) is 0 Å². The fraction of sp³-hybridized carbons (Fsp3) is 0.0612. The van der Waals surface area contributed by atoms with Crippen molar-refractivity contribution in [3.63, 3.8) is 0 Å². The van der Waals surface area contributed by atoms with E-state index in [-0.39, 0.29) is 16.2 Å². The van der Waals surface area contributed by atoms with E-state index >= 15 is 0 Å². The molecule has 0 spiro atoms. The summed E-state index contributed by atoms with van der Waals surface area (Å²) in [7, 11) is 0. The van der Waals surface area contributed by atoms with Gasteiger partial charge in [-0.2, -0.15) is 0 Å². The van der Waals surface area contributed by atoms with Gasteiger partial charge in [0.2, 0.25) is 0 Å². The lowest BCUT2D eigenvalue weighted by Gasteiger charge is -2.24. The maximum absolute atomic E-state index is 2.53. The number of para-hydroxylation sites is 2. The molecule has 0 atom stereocenters. The summed E-state index contributed by atoms with van der Waals surface area (Å²) in [5, 5.41) is 15.7. The summed E-state index contributed by atoms with van der Waals surface area (Å²) >= 11 is 0.